The van der Waals surface area contributed by atoms with Crippen LogP contribution < -0.4 is 30.3 Å². The molecule has 2 aromatic rings. The summed E-state index contributed by atoms with van der Waals surface area (Å²) in [6, 6.07) is 15.5. The number of anilines is 3. The average molecular weight is 425 g/mol. The zero-order valence-electron chi connectivity index (χ0n) is 18.8. The molecule has 1 aliphatic heterocycles. The predicted molar refractivity (Wildman–Crippen MR) is 129 cm³/mol. The van der Waals surface area contributed by atoms with Crippen molar-refractivity contribution in [2.24, 2.45) is 11.7 Å². The summed E-state index contributed by atoms with van der Waals surface area (Å²) in [5, 5.41) is 3.62. The molecule has 0 spiro atoms. The minimum atomic E-state index is 0.419. The maximum Gasteiger partial charge on any atom is 0.162 e. The lowest BCUT2D eigenvalue weighted by atomic mass is 9.86. The van der Waals surface area contributed by atoms with Crippen LogP contribution in [-0.2, 0) is 0 Å². The van der Waals surface area contributed by atoms with Crippen LogP contribution in [0.4, 0.5) is 17.1 Å². The van der Waals surface area contributed by atoms with E-state index in [1.54, 1.807) is 14.2 Å². The van der Waals surface area contributed by atoms with Crippen molar-refractivity contribution in [3.8, 4) is 11.5 Å². The van der Waals surface area contributed by atoms with Crippen LogP contribution in [0.15, 0.2) is 42.5 Å². The zero-order valence-corrected chi connectivity index (χ0v) is 18.8. The minimum Gasteiger partial charge on any atom is -0.493 e. The van der Waals surface area contributed by atoms with Gasteiger partial charge in [0.25, 0.3) is 0 Å². The highest BCUT2D eigenvalue weighted by Crippen LogP contribution is 2.32. The van der Waals surface area contributed by atoms with Crippen LogP contribution in [-0.4, -0.2) is 53.0 Å². The molecule has 0 radical (unpaired) electrons. The Morgan fingerprint density at radius 2 is 1.39 bits per heavy atom. The van der Waals surface area contributed by atoms with Gasteiger partial charge >= 0.3 is 0 Å². The largest absolute Gasteiger partial charge is 0.493 e. The maximum atomic E-state index is 6.02. The van der Waals surface area contributed by atoms with Gasteiger partial charge in [0.2, 0.25) is 0 Å². The first-order chi connectivity index (χ1) is 15.2. The summed E-state index contributed by atoms with van der Waals surface area (Å²) in [4.78, 5) is 4.87. The summed E-state index contributed by atoms with van der Waals surface area (Å²) in [7, 11) is 3.35. The zero-order chi connectivity index (χ0) is 21.6. The van der Waals surface area contributed by atoms with E-state index < -0.39 is 0 Å². The van der Waals surface area contributed by atoms with Crippen molar-refractivity contribution in [2.75, 3.05) is 62.1 Å². The van der Waals surface area contributed by atoms with Gasteiger partial charge in [-0.1, -0.05) is 0 Å². The van der Waals surface area contributed by atoms with Crippen LogP contribution in [0.5, 0.6) is 11.5 Å². The van der Waals surface area contributed by atoms with Crippen molar-refractivity contribution in [1.82, 2.24) is 0 Å². The second-order valence-corrected chi connectivity index (χ2v) is 8.72. The van der Waals surface area contributed by atoms with E-state index in [1.165, 1.54) is 42.7 Å². The Morgan fingerprint density at radius 3 is 2.00 bits per heavy atom. The highest BCUT2D eigenvalue weighted by atomic mass is 16.5. The van der Waals surface area contributed by atoms with Crippen molar-refractivity contribution in [3.05, 3.63) is 42.5 Å². The summed E-state index contributed by atoms with van der Waals surface area (Å²) in [5.74, 6) is 2.30. The first-order valence-electron chi connectivity index (χ1n) is 11.5. The number of nitrogens with one attached hydrogen (secondary N) is 1. The predicted octanol–water partition coefficient (Wildman–Crippen LogP) is 3.96. The van der Waals surface area contributed by atoms with Crippen molar-refractivity contribution in [2.45, 2.75) is 31.7 Å². The summed E-state index contributed by atoms with van der Waals surface area (Å²) in [6.45, 7) is 5.03. The highest BCUT2D eigenvalue weighted by Gasteiger charge is 2.20. The number of hydrogen-bond donors (Lipinski definition) is 2. The average Bonchev–Trinajstić information content (AvgIpc) is 2.83. The SMILES string of the molecule is COc1ccc(N2CCN(c3ccc(NCC4CCC(N)CC4)cc3)CC2)cc1OC. The molecule has 0 aromatic heterocycles. The molecule has 2 aromatic carbocycles. The Morgan fingerprint density at radius 1 is 0.806 bits per heavy atom. The number of benzene rings is 2. The van der Waals surface area contributed by atoms with Gasteiger partial charge in [0.05, 0.1) is 14.2 Å². The highest BCUT2D eigenvalue weighted by molar-refractivity contribution is 5.59. The fraction of sp³-hybridized carbons (Fsp3) is 0.520. The van der Waals surface area contributed by atoms with Crippen molar-refractivity contribution < 1.29 is 9.47 Å². The molecular weight excluding hydrogens is 388 g/mol. The third-order valence-electron chi connectivity index (χ3n) is 6.73. The monoisotopic (exact) mass is 424 g/mol. The quantitative estimate of drug-likeness (QED) is 0.702. The smallest absolute Gasteiger partial charge is 0.162 e. The topological polar surface area (TPSA) is 63.0 Å². The number of methoxy groups -OCH3 is 2. The molecule has 0 amide bonds. The van der Waals surface area contributed by atoms with Crippen LogP contribution in [0.25, 0.3) is 0 Å². The molecule has 2 aliphatic rings. The van der Waals surface area contributed by atoms with E-state index in [1.807, 2.05) is 6.07 Å². The molecule has 31 heavy (non-hydrogen) atoms. The van der Waals surface area contributed by atoms with Crippen LogP contribution in [0.2, 0.25) is 0 Å². The number of hydrogen-bond acceptors (Lipinski definition) is 6. The molecule has 0 unspecified atom stereocenters. The first-order valence-corrected chi connectivity index (χ1v) is 11.5. The molecule has 6 heteroatoms. The van der Waals surface area contributed by atoms with Crippen LogP contribution >= 0.6 is 0 Å². The third kappa shape index (κ3) is 5.37. The molecule has 6 nitrogen and oxygen atoms in total. The Bertz CT molecular complexity index is 826. The van der Waals surface area contributed by atoms with Gasteiger partial charge < -0.3 is 30.3 Å². The van der Waals surface area contributed by atoms with E-state index >= 15 is 0 Å². The second-order valence-electron chi connectivity index (χ2n) is 8.72. The Kier molecular flexibility index (Phi) is 7.07. The fourth-order valence-electron chi connectivity index (χ4n) is 4.69. The first kappa shape index (κ1) is 21.6. The Balaban J connectivity index is 1.28. The molecule has 0 atom stereocenters. The third-order valence-corrected chi connectivity index (χ3v) is 6.73. The molecule has 4 rings (SSSR count). The van der Waals surface area contributed by atoms with Gasteiger partial charge in [-0.15, -0.1) is 0 Å². The lowest BCUT2D eigenvalue weighted by molar-refractivity contribution is 0.339. The molecule has 3 N–H and O–H groups in total. The summed E-state index contributed by atoms with van der Waals surface area (Å²) < 4.78 is 10.8. The molecule has 0 bridgehead atoms. The minimum absolute atomic E-state index is 0.419. The fourth-order valence-corrected chi connectivity index (χ4v) is 4.69. The maximum absolute atomic E-state index is 6.02. The van der Waals surface area contributed by atoms with Crippen LogP contribution in [0.1, 0.15) is 25.7 Å². The summed E-state index contributed by atoms with van der Waals surface area (Å²) >= 11 is 0. The second kappa shape index (κ2) is 10.1. The molecule has 1 saturated heterocycles. The molecule has 1 saturated carbocycles. The lowest BCUT2D eigenvalue weighted by Crippen LogP contribution is -2.46. The van der Waals surface area contributed by atoms with E-state index in [9.17, 15) is 0 Å². The van der Waals surface area contributed by atoms with E-state index in [-0.39, 0.29) is 0 Å². The van der Waals surface area contributed by atoms with E-state index in [4.69, 9.17) is 15.2 Å². The summed E-state index contributed by atoms with van der Waals surface area (Å²) in [5.41, 5.74) is 9.70. The van der Waals surface area contributed by atoms with E-state index in [0.29, 0.717) is 6.04 Å². The Labute approximate surface area is 186 Å². The van der Waals surface area contributed by atoms with Crippen molar-refractivity contribution in [1.29, 1.82) is 0 Å². The molecule has 1 heterocycles. The number of rotatable bonds is 7. The number of ether oxygens (including phenoxy) is 2. The van der Waals surface area contributed by atoms with Gasteiger partial charge in [0, 0.05) is 61.9 Å². The lowest BCUT2D eigenvalue weighted by Gasteiger charge is -2.37. The van der Waals surface area contributed by atoms with Crippen LogP contribution in [0, 0.1) is 5.92 Å². The summed E-state index contributed by atoms with van der Waals surface area (Å²) in [6.07, 6.45) is 4.83. The van der Waals surface area contributed by atoms with E-state index in [0.717, 1.165) is 50.1 Å². The van der Waals surface area contributed by atoms with Gasteiger partial charge in [-0.25, -0.2) is 0 Å². The van der Waals surface area contributed by atoms with Gasteiger partial charge in [-0.3, -0.25) is 0 Å². The number of nitrogens with zero attached hydrogens (tertiary/aromatic N) is 2. The van der Waals surface area contributed by atoms with E-state index in [2.05, 4.69) is 51.5 Å². The standard InChI is InChI=1S/C25H36N4O2/c1-30-24-12-11-23(17-25(24)31-2)29-15-13-28(14-16-29)22-9-7-21(8-10-22)27-18-19-3-5-20(26)6-4-19/h7-12,17,19-20,27H,3-6,13-16,18,26H2,1-2H3. The van der Waals surface area contributed by atoms with Crippen molar-refractivity contribution >= 4 is 17.1 Å². The van der Waals surface area contributed by atoms with Gasteiger partial charge in [0.15, 0.2) is 11.5 Å². The number of piperazine rings is 1. The van der Waals surface area contributed by atoms with Gasteiger partial charge in [-0.2, -0.15) is 0 Å². The van der Waals surface area contributed by atoms with Crippen molar-refractivity contribution in [3.63, 3.8) is 0 Å². The molecule has 2 fully saturated rings. The molecular formula is C25H36N4O2. The van der Waals surface area contributed by atoms with Gasteiger partial charge in [-0.05, 0) is 68.0 Å². The Hall–Kier alpha value is -2.60. The molecule has 168 valence electrons. The van der Waals surface area contributed by atoms with Gasteiger partial charge in [0.1, 0.15) is 0 Å². The van der Waals surface area contributed by atoms with Crippen LogP contribution in [0.3, 0.4) is 0 Å². The number of nitrogens with two attached hydrogens (primary N) is 1. The molecule has 1 aliphatic carbocycles. The normalized spacial score (nSPS) is 21.6.